The van der Waals surface area contributed by atoms with Crippen LogP contribution in [0.25, 0.3) is 21.3 Å². The molecular weight excluding hydrogens is 358 g/mol. The summed E-state index contributed by atoms with van der Waals surface area (Å²) in [6.45, 7) is 1.91. The van der Waals surface area contributed by atoms with Crippen LogP contribution >= 0.6 is 11.3 Å². The lowest BCUT2D eigenvalue weighted by Gasteiger charge is -2.10. The van der Waals surface area contributed by atoms with Crippen molar-refractivity contribution in [2.24, 2.45) is 0 Å². The first-order chi connectivity index (χ1) is 13.2. The summed E-state index contributed by atoms with van der Waals surface area (Å²) in [6.07, 6.45) is 0. The number of benzene rings is 2. The van der Waals surface area contributed by atoms with Gasteiger partial charge in [-0.15, -0.1) is 11.3 Å². The van der Waals surface area contributed by atoms with Gasteiger partial charge in [0.05, 0.1) is 19.6 Å². The molecule has 0 radical (unpaired) electrons. The predicted molar refractivity (Wildman–Crippen MR) is 110 cm³/mol. The Morgan fingerprint density at radius 2 is 1.48 bits per heavy atom. The molecule has 4 aromatic rings. The Balaban J connectivity index is 1.79. The molecule has 0 saturated heterocycles. The van der Waals surface area contributed by atoms with Crippen LogP contribution in [0.15, 0.2) is 53.9 Å². The molecule has 5 nitrogen and oxygen atoms in total. The van der Waals surface area contributed by atoms with Gasteiger partial charge in [-0.2, -0.15) is 0 Å². The van der Waals surface area contributed by atoms with E-state index in [1.807, 2.05) is 43.3 Å². The van der Waals surface area contributed by atoms with Crippen LogP contribution < -0.4 is 14.8 Å². The number of hydrogen-bond donors (Lipinski definition) is 1. The molecule has 0 saturated carbocycles. The third kappa shape index (κ3) is 3.44. The molecular formula is C21H19N3O2S. The number of hydrogen-bond acceptors (Lipinski definition) is 6. The summed E-state index contributed by atoms with van der Waals surface area (Å²) in [5.74, 6) is 3.19. The zero-order valence-corrected chi connectivity index (χ0v) is 16.1. The van der Waals surface area contributed by atoms with E-state index in [1.54, 1.807) is 25.6 Å². The van der Waals surface area contributed by atoms with E-state index in [0.717, 1.165) is 50.2 Å². The molecule has 27 heavy (non-hydrogen) atoms. The second-order valence-corrected chi connectivity index (χ2v) is 6.89. The molecule has 0 bridgehead atoms. The van der Waals surface area contributed by atoms with Crippen molar-refractivity contribution < 1.29 is 9.47 Å². The van der Waals surface area contributed by atoms with E-state index in [-0.39, 0.29) is 0 Å². The van der Waals surface area contributed by atoms with Crippen molar-refractivity contribution in [3.05, 3.63) is 59.7 Å². The van der Waals surface area contributed by atoms with Crippen molar-refractivity contribution in [1.82, 2.24) is 9.97 Å². The van der Waals surface area contributed by atoms with E-state index >= 15 is 0 Å². The first-order valence-corrected chi connectivity index (χ1v) is 9.37. The van der Waals surface area contributed by atoms with Crippen molar-refractivity contribution in [2.75, 3.05) is 19.5 Å². The minimum Gasteiger partial charge on any atom is -0.497 e. The van der Waals surface area contributed by atoms with Gasteiger partial charge < -0.3 is 14.8 Å². The fourth-order valence-corrected chi connectivity index (χ4v) is 3.93. The number of ether oxygens (including phenoxy) is 2. The minimum atomic E-state index is 0.738. The molecule has 0 fully saturated rings. The molecule has 1 N–H and O–H groups in total. The Kier molecular flexibility index (Phi) is 4.64. The van der Waals surface area contributed by atoms with Gasteiger partial charge in [0, 0.05) is 16.6 Å². The van der Waals surface area contributed by atoms with Crippen molar-refractivity contribution >= 4 is 33.1 Å². The van der Waals surface area contributed by atoms with E-state index < -0.39 is 0 Å². The Bertz CT molecular complexity index is 1070. The highest BCUT2D eigenvalue weighted by atomic mass is 32.1. The highest BCUT2D eigenvalue weighted by molar-refractivity contribution is 7.17. The van der Waals surface area contributed by atoms with Gasteiger partial charge in [0.25, 0.3) is 0 Å². The summed E-state index contributed by atoms with van der Waals surface area (Å²) in [5.41, 5.74) is 3.16. The van der Waals surface area contributed by atoms with Crippen LogP contribution in [0.3, 0.4) is 0 Å². The van der Waals surface area contributed by atoms with E-state index in [1.165, 1.54) is 0 Å². The van der Waals surface area contributed by atoms with Crippen LogP contribution in [0.4, 0.5) is 11.5 Å². The summed E-state index contributed by atoms with van der Waals surface area (Å²) >= 11 is 1.62. The van der Waals surface area contributed by atoms with Crippen LogP contribution in [-0.2, 0) is 0 Å². The molecule has 6 heteroatoms. The van der Waals surface area contributed by atoms with Gasteiger partial charge in [-0.25, -0.2) is 9.97 Å². The Labute approximate surface area is 161 Å². The highest BCUT2D eigenvalue weighted by Gasteiger charge is 2.15. The second kappa shape index (κ2) is 7.25. The summed E-state index contributed by atoms with van der Waals surface area (Å²) in [6, 6.07) is 15.8. The molecule has 136 valence electrons. The maximum Gasteiger partial charge on any atom is 0.143 e. The summed E-state index contributed by atoms with van der Waals surface area (Å²) < 4.78 is 10.5. The smallest absolute Gasteiger partial charge is 0.143 e. The number of fused-ring (bicyclic) bond motifs is 1. The van der Waals surface area contributed by atoms with Crippen LogP contribution in [0.5, 0.6) is 11.5 Å². The second-order valence-electron chi connectivity index (χ2n) is 6.03. The van der Waals surface area contributed by atoms with E-state index in [4.69, 9.17) is 9.47 Å². The van der Waals surface area contributed by atoms with Crippen molar-refractivity contribution in [3.8, 4) is 22.6 Å². The van der Waals surface area contributed by atoms with Gasteiger partial charge in [-0.05, 0) is 48.9 Å². The lowest BCUT2D eigenvalue weighted by atomic mass is 10.1. The molecule has 0 aliphatic heterocycles. The molecule has 2 aromatic carbocycles. The molecule has 2 aromatic heterocycles. The van der Waals surface area contributed by atoms with Crippen molar-refractivity contribution in [2.45, 2.75) is 6.92 Å². The number of aryl methyl sites for hydroxylation is 1. The summed E-state index contributed by atoms with van der Waals surface area (Å²) in [5, 5.41) is 6.58. The monoisotopic (exact) mass is 377 g/mol. The average Bonchev–Trinajstić information content (AvgIpc) is 3.12. The zero-order valence-electron chi connectivity index (χ0n) is 15.3. The van der Waals surface area contributed by atoms with Gasteiger partial charge in [0.1, 0.15) is 28.0 Å². The molecule has 2 heterocycles. The number of methoxy groups -OCH3 is 2. The van der Waals surface area contributed by atoms with Gasteiger partial charge in [0.2, 0.25) is 0 Å². The Morgan fingerprint density at radius 1 is 0.852 bits per heavy atom. The lowest BCUT2D eigenvalue weighted by molar-refractivity contribution is 0.415. The van der Waals surface area contributed by atoms with Gasteiger partial charge in [-0.1, -0.05) is 12.1 Å². The fourth-order valence-electron chi connectivity index (χ4n) is 2.93. The maximum atomic E-state index is 5.27. The molecule has 0 aliphatic rings. The predicted octanol–water partition coefficient (Wildman–Crippen LogP) is 5.43. The minimum absolute atomic E-state index is 0.738. The van der Waals surface area contributed by atoms with Gasteiger partial charge in [0.15, 0.2) is 0 Å². The number of nitrogens with one attached hydrogen (secondary N) is 1. The number of nitrogens with zero attached hydrogens (tertiary/aromatic N) is 2. The molecule has 0 spiro atoms. The number of thiophene rings is 1. The van der Waals surface area contributed by atoms with Crippen LogP contribution in [-0.4, -0.2) is 24.2 Å². The molecule has 0 atom stereocenters. The van der Waals surface area contributed by atoms with Gasteiger partial charge >= 0.3 is 0 Å². The third-order valence-corrected chi connectivity index (χ3v) is 5.17. The SMILES string of the molecule is COc1ccc(Nc2nc(C)nc3scc(-c4ccc(OC)cc4)c23)cc1. The molecule has 4 rings (SSSR count). The van der Waals surface area contributed by atoms with Crippen LogP contribution in [0.2, 0.25) is 0 Å². The van der Waals surface area contributed by atoms with Crippen molar-refractivity contribution in [3.63, 3.8) is 0 Å². The topological polar surface area (TPSA) is 56.3 Å². The normalized spacial score (nSPS) is 10.8. The quantitative estimate of drug-likeness (QED) is 0.503. The number of rotatable bonds is 5. The third-order valence-electron chi connectivity index (χ3n) is 4.30. The Hall–Kier alpha value is -3.12. The lowest BCUT2D eigenvalue weighted by Crippen LogP contribution is -1.98. The molecule has 0 amide bonds. The fraction of sp³-hybridized carbons (Fsp3) is 0.143. The zero-order chi connectivity index (χ0) is 18.8. The highest BCUT2D eigenvalue weighted by Crippen LogP contribution is 2.38. The first kappa shape index (κ1) is 17.3. The van der Waals surface area contributed by atoms with Crippen LogP contribution in [0, 0.1) is 6.92 Å². The Morgan fingerprint density at radius 3 is 2.11 bits per heavy atom. The number of anilines is 2. The van der Waals surface area contributed by atoms with Crippen LogP contribution in [0.1, 0.15) is 5.82 Å². The number of aromatic nitrogens is 2. The van der Waals surface area contributed by atoms with E-state index in [0.29, 0.717) is 0 Å². The molecule has 0 aliphatic carbocycles. The first-order valence-electron chi connectivity index (χ1n) is 8.49. The van der Waals surface area contributed by atoms with E-state index in [9.17, 15) is 0 Å². The maximum absolute atomic E-state index is 5.27. The summed E-state index contributed by atoms with van der Waals surface area (Å²) in [4.78, 5) is 10.2. The van der Waals surface area contributed by atoms with Gasteiger partial charge in [-0.3, -0.25) is 0 Å². The summed E-state index contributed by atoms with van der Waals surface area (Å²) in [7, 11) is 3.33. The standard InChI is InChI=1S/C21H19N3O2S/c1-13-22-20(24-15-6-10-17(26-3)11-7-15)19-18(12-27-21(19)23-13)14-4-8-16(25-2)9-5-14/h4-12H,1-3H3,(H,22,23,24). The average molecular weight is 377 g/mol. The van der Waals surface area contributed by atoms with Crippen molar-refractivity contribution in [1.29, 1.82) is 0 Å². The largest absolute Gasteiger partial charge is 0.497 e. The van der Waals surface area contributed by atoms with E-state index in [2.05, 4.69) is 32.8 Å². The molecule has 0 unspecified atom stereocenters.